The molecule has 2 amide bonds. The zero-order valence-corrected chi connectivity index (χ0v) is 22.0. The Morgan fingerprint density at radius 3 is 2.55 bits per heavy atom. The van der Waals surface area contributed by atoms with E-state index in [0.717, 1.165) is 17.5 Å². The van der Waals surface area contributed by atoms with Crippen LogP contribution in [-0.4, -0.2) is 39.1 Å². The molecule has 0 radical (unpaired) electrons. The maximum Gasteiger partial charge on any atom is 0.249 e. The van der Waals surface area contributed by atoms with E-state index >= 15 is 0 Å². The van der Waals surface area contributed by atoms with Gasteiger partial charge in [0.05, 0.1) is 5.52 Å². The first-order valence-electron chi connectivity index (χ1n) is 12.6. The van der Waals surface area contributed by atoms with Gasteiger partial charge in [-0.1, -0.05) is 54.1 Å². The van der Waals surface area contributed by atoms with Crippen LogP contribution < -0.4 is 19.7 Å². The number of amides is 2. The lowest BCUT2D eigenvalue weighted by atomic mass is 9.97. The molecule has 9 heteroatoms. The number of para-hydroxylation sites is 1. The van der Waals surface area contributed by atoms with Crippen molar-refractivity contribution in [1.82, 2.24) is 20.3 Å². The van der Waals surface area contributed by atoms with Crippen LogP contribution >= 0.6 is 0 Å². The van der Waals surface area contributed by atoms with Crippen molar-refractivity contribution in [1.29, 1.82) is 0 Å². The Morgan fingerprint density at radius 1 is 1.05 bits per heavy atom. The lowest BCUT2D eigenvalue weighted by molar-refractivity contribution is -0.128. The highest BCUT2D eigenvalue weighted by Crippen LogP contribution is 2.38. The normalized spacial score (nSPS) is 13.4. The largest absolute Gasteiger partial charge is 0.454 e. The number of aryl methyl sites for hydroxylation is 1. The van der Waals surface area contributed by atoms with Gasteiger partial charge in [-0.3, -0.25) is 14.5 Å². The third kappa shape index (κ3) is 5.04. The highest BCUT2D eigenvalue weighted by Gasteiger charge is 2.36. The lowest BCUT2D eigenvalue weighted by Crippen LogP contribution is -2.51. The van der Waals surface area contributed by atoms with Gasteiger partial charge in [0.15, 0.2) is 11.5 Å². The van der Waals surface area contributed by atoms with Gasteiger partial charge < -0.3 is 14.8 Å². The Kier molecular flexibility index (Phi) is 6.75. The molecule has 196 valence electrons. The summed E-state index contributed by atoms with van der Waals surface area (Å²) in [5.74, 6) is 0.500. The highest BCUT2D eigenvalue weighted by molar-refractivity contribution is 6.02. The fourth-order valence-electron chi connectivity index (χ4n) is 4.37. The molecular formula is C29H31N5O4. The molecule has 1 atom stereocenters. The van der Waals surface area contributed by atoms with E-state index in [1.54, 1.807) is 22.9 Å². The van der Waals surface area contributed by atoms with Crippen molar-refractivity contribution in [3.63, 3.8) is 0 Å². The van der Waals surface area contributed by atoms with Crippen LogP contribution in [0.2, 0.25) is 0 Å². The smallest absolute Gasteiger partial charge is 0.249 e. The number of aromatic nitrogens is 3. The molecule has 1 aliphatic rings. The van der Waals surface area contributed by atoms with E-state index in [2.05, 4.69) is 15.6 Å². The quantitative estimate of drug-likeness (QED) is 0.371. The molecule has 0 bridgehead atoms. The van der Waals surface area contributed by atoms with Crippen LogP contribution in [-0.2, 0) is 16.1 Å². The summed E-state index contributed by atoms with van der Waals surface area (Å²) in [7, 11) is 0. The molecule has 9 nitrogen and oxygen atoms in total. The van der Waals surface area contributed by atoms with Crippen molar-refractivity contribution in [3.8, 4) is 11.5 Å². The summed E-state index contributed by atoms with van der Waals surface area (Å²) in [6.45, 7) is 7.91. The highest BCUT2D eigenvalue weighted by atomic mass is 16.7. The van der Waals surface area contributed by atoms with E-state index in [9.17, 15) is 9.59 Å². The number of carbonyl (C=O) groups excluding carboxylic acids is 2. The van der Waals surface area contributed by atoms with E-state index in [-0.39, 0.29) is 25.2 Å². The Morgan fingerprint density at radius 2 is 1.79 bits per heavy atom. The first kappa shape index (κ1) is 25.3. The summed E-state index contributed by atoms with van der Waals surface area (Å²) >= 11 is 0. The van der Waals surface area contributed by atoms with Crippen molar-refractivity contribution in [2.75, 3.05) is 11.7 Å². The van der Waals surface area contributed by atoms with Gasteiger partial charge in [0, 0.05) is 17.3 Å². The van der Waals surface area contributed by atoms with Crippen molar-refractivity contribution in [2.24, 2.45) is 0 Å². The monoisotopic (exact) mass is 513 g/mol. The molecular weight excluding hydrogens is 482 g/mol. The van der Waals surface area contributed by atoms with Crippen LogP contribution in [0.4, 0.5) is 5.69 Å². The van der Waals surface area contributed by atoms with Gasteiger partial charge in [0.25, 0.3) is 0 Å². The number of nitrogens with zero attached hydrogens (tertiary/aromatic N) is 4. The van der Waals surface area contributed by atoms with Gasteiger partial charge in [-0.15, -0.1) is 5.10 Å². The standard InChI is InChI=1S/C29H31N5O4/c1-5-29(3,4)30-28(36)27(20-12-10-19(2)11-13-20)34(21-14-15-24-25(16-21)38-18-37-24)26(35)17-33-23-9-7-6-8-22(23)31-32-33/h6-16,27H,5,17-18H2,1-4H3,(H,30,36)/t27-/m1/s1. The minimum atomic E-state index is -0.941. The first-order valence-corrected chi connectivity index (χ1v) is 12.6. The molecule has 1 aliphatic heterocycles. The molecule has 0 aliphatic carbocycles. The van der Waals surface area contributed by atoms with Gasteiger partial charge in [0.2, 0.25) is 18.6 Å². The predicted octanol–water partition coefficient (Wildman–Crippen LogP) is 4.55. The number of hydrogen-bond donors (Lipinski definition) is 1. The molecule has 1 aromatic heterocycles. The third-order valence-corrected chi connectivity index (χ3v) is 6.85. The van der Waals surface area contributed by atoms with Crippen molar-refractivity contribution in [2.45, 2.75) is 52.2 Å². The van der Waals surface area contributed by atoms with E-state index in [1.807, 2.05) is 76.2 Å². The van der Waals surface area contributed by atoms with Gasteiger partial charge in [0.1, 0.15) is 18.1 Å². The molecule has 4 aromatic rings. The van der Waals surface area contributed by atoms with Crippen LogP contribution in [0.25, 0.3) is 11.0 Å². The number of fused-ring (bicyclic) bond motifs is 2. The molecule has 0 saturated heterocycles. The number of nitrogens with one attached hydrogen (secondary N) is 1. The van der Waals surface area contributed by atoms with E-state index in [0.29, 0.717) is 28.3 Å². The number of ether oxygens (including phenoxy) is 2. The van der Waals surface area contributed by atoms with Crippen LogP contribution in [0.5, 0.6) is 11.5 Å². The molecule has 0 fully saturated rings. The van der Waals surface area contributed by atoms with Crippen LogP contribution in [0, 0.1) is 6.92 Å². The second-order valence-electron chi connectivity index (χ2n) is 10.1. The zero-order valence-electron chi connectivity index (χ0n) is 22.0. The average Bonchev–Trinajstić information content (AvgIpc) is 3.54. The zero-order chi connectivity index (χ0) is 26.9. The number of anilines is 1. The predicted molar refractivity (Wildman–Crippen MR) is 144 cm³/mol. The minimum Gasteiger partial charge on any atom is -0.454 e. The first-order chi connectivity index (χ1) is 18.3. The fraction of sp³-hybridized carbons (Fsp3) is 0.310. The summed E-state index contributed by atoms with van der Waals surface area (Å²) in [4.78, 5) is 29.7. The molecule has 38 heavy (non-hydrogen) atoms. The van der Waals surface area contributed by atoms with Gasteiger partial charge >= 0.3 is 0 Å². The average molecular weight is 514 g/mol. The summed E-state index contributed by atoms with van der Waals surface area (Å²) in [5, 5.41) is 11.5. The Balaban J connectivity index is 1.61. The van der Waals surface area contributed by atoms with Crippen LogP contribution in [0.1, 0.15) is 44.4 Å². The summed E-state index contributed by atoms with van der Waals surface area (Å²) in [5.41, 5.74) is 3.21. The molecule has 1 N–H and O–H groups in total. The van der Waals surface area contributed by atoms with Crippen LogP contribution in [0.3, 0.4) is 0 Å². The van der Waals surface area contributed by atoms with Crippen molar-refractivity contribution >= 4 is 28.5 Å². The Bertz CT molecular complexity index is 1480. The van der Waals surface area contributed by atoms with E-state index in [4.69, 9.17) is 9.47 Å². The topological polar surface area (TPSA) is 98.6 Å². The SMILES string of the molecule is CCC(C)(C)NC(=O)[C@@H](c1ccc(C)cc1)N(C(=O)Cn1nnc2ccccc21)c1ccc2c(c1)OCO2. The maximum atomic E-state index is 14.2. The third-order valence-electron chi connectivity index (χ3n) is 6.85. The molecule has 2 heterocycles. The Hall–Kier alpha value is -4.40. The number of carbonyl (C=O) groups is 2. The fourth-order valence-corrected chi connectivity index (χ4v) is 4.37. The maximum absolute atomic E-state index is 14.2. The number of hydrogen-bond acceptors (Lipinski definition) is 6. The van der Waals surface area contributed by atoms with Gasteiger partial charge in [-0.05, 0) is 57.0 Å². The summed E-state index contributed by atoms with van der Waals surface area (Å²) < 4.78 is 12.6. The Labute approximate surface area is 221 Å². The van der Waals surface area contributed by atoms with Crippen LogP contribution in [0.15, 0.2) is 66.7 Å². The molecule has 3 aromatic carbocycles. The molecule has 0 spiro atoms. The van der Waals surface area contributed by atoms with E-state index < -0.39 is 11.6 Å². The second kappa shape index (κ2) is 10.2. The lowest BCUT2D eigenvalue weighted by Gasteiger charge is -2.34. The van der Waals surface area contributed by atoms with Crippen molar-refractivity contribution in [3.05, 3.63) is 77.9 Å². The summed E-state index contributed by atoms with van der Waals surface area (Å²) in [6.07, 6.45) is 0.724. The molecule has 0 unspecified atom stereocenters. The van der Waals surface area contributed by atoms with Gasteiger partial charge in [-0.25, -0.2) is 4.68 Å². The molecule has 0 saturated carbocycles. The van der Waals surface area contributed by atoms with Crippen molar-refractivity contribution < 1.29 is 19.1 Å². The number of benzene rings is 3. The van der Waals surface area contributed by atoms with E-state index in [1.165, 1.54) is 4.90 Å². The summed E-state index contributed by atoms with van der Waals surface area (Å²) in [6, 6.07) is 19.4. The van der Waals surface area contributed by atoms with Gasteiger partial charge in [-0.2, -0.15) is 0 Å². The second-order valence-corrected chi connectivity index (χ2v) is 10.1. The molecule has 5 rings (SSSR count). The number of rotatable bonds is 8. The minimum absolute atomic E-state index is 0.101.